The minimum Gasteiger partial charge on any atom is -0.489 e. The Bertz CT molecular complexity index is 970. The van der Waals surface area contributed by atoms with Gasteiger partial charge >= 0.3 is 6.18 Å². The van der Waals surface area contributed by atoms with Crippen LogP contribution in [-0.4, -0.2) is 17.4 Å². The summed E-state index contributed by atoms with van der Waals surface area (Å²) >= 11 is 1.33. The maximum Gasteiger partial charge on any atom is 0.416 e. The molecule has 0 unspecified atom stereocenters. The van der Waals surface area contributed by atoms with Crippen molar-refractivity contribution < 1.29 is 22.7 Å². The first-order chi connectivity index (χ1) is 13.4. The van der Waals surface area contributed by atoms with Crippen LogP contribution in [0.4, 0.5) is 13.2 Å². The molecule has 0 saturated carbocycles. The predicted molar refractivity (Wildman–Crippen MR) is 101 cm³/mol. The normalized spacial score (nSPS) is 11.3. The van der Waals surface area contributed by atoms with E-state index in [1.54, 1.807) is 29.6 Å². The van der Waals surface area contributed by atoms with Crippen molar-refractivity contribution in [1.82, 2.24) is 10.3 Å². The maximum atomic E-state index is 12.8. The van der Waals surface area contributed by atoms with Gasteiger partial charge in [-0.3, -0.25) is 4.79 Å². The fourth-order valence-corrected chi connectivity index (χ4v) is 3.28. The number of thiazole rings is 1. The van der Waals surface area contributed by atoms with Gasteiger partial charge in [0.2, 0.25) is 0 Å². The summed E-state index contributed by atoms with van der Waals surface area (Å²) in [7, 11) is 0. The minimum absolute atomic E-state index is 0.00932. The fraction of sp³-hybridized carbons (Fsp3) is 0.200. The molecule has 3 aromatic rings. The van der Waals surface area contributed by atoms with E-state index in [1.165, 1.54) is 17.4 Å². The van der Waals surface area contributed by atoms with Gasteiger partial charge in [-0.2, -0.15) is 13.2 Å². The molecule has 0 saturated heterocycles. The molecule has 0 spiro atoms. The Morgan fingerprint density at radius 2 is 1.96 bits per heavy atom. The van der Waals surface area contributed by atoms with Gasteiger partial charge < -0.3 is 10.1 Å². The minimum atomic E-state index is -4.39. The molecule has 0 aliphatic carbocycles. The van der Waals surface area contributed by atoms with E-state index in [2.05, 4.69) is 10.3 Å². The number of halogens is 3. The molecule has 8 heteroatoms. The SMILES string of the molecule is CCNC(=O)c1csc(-c2cccc(OCc3cccc(C(F)(F)F)c3)c2)n1. The molecule has 4 nitrogen and oxygen atoms in total. The van der Waals surface area contributed by atoms with Crippen LogP contribution < -0.4 is 10.1 Å². The van der Waals surface area contributed by atoms with Crippen LogP contribution in [0.3, 0.4) is 0 Å². The van der Waals surface area contributed by atoms with E-state index in [0.29, 0.717) is 28.6 Å². The van der Waals surface area contributed by atoms with Gasteiger partial charge in [-0.25, -0.2) is 4.98 Å². The number of hydrogen-bond acceptors (Lipinski definition) is 4. The van der Waals surface area contributed by atoms with E-state index in [9.17, 15) is 18.0 Å². The Kier molecular flexibility index (Phi) is 5.99. The van der Waals surface area contributed by atoms with Gasteiger partial charge in [0, 0.05) is 17.5 Å². The molecule has 1 aromatic heterocycles. The first-order valence-corrected chi connectivity index (χ1v) is 9.38. The summed E-state index contributed by atoms with van der Waals surface area (Å²) in [4.78, 5) is 16.2. The molecule has 2 aromatic carbocycles. The first-order valence-electron chi connectivity index (χ1n) is 8.50. The van der Waals surface area contributed by atoms with Gasteiger partial charge in [-0.15, -0.1) is 11.3 Å². The average molecular weight is 406 g/mol. The van der Waals surface area contributed by atoms with E-state index < -0.39 is 11.7 Å². The molecule has 0 bridgehead atoms. The molecule has 0 aliphatic rings. The van der Waals surface area contributed by atoms with Crippen LogP contribution in [0.1, 0.15) is 28.5 Å². The number of ether oxygens (including phenoxy) is 1. The monoisotopic (exact) mass is 406 g/mol. The highest BCUT2D eigenvalue weighted by Crippen LogP contribution is 2.30. The molecule has 3 rings (SSSR count). The molecule has 146 valence electrons. The van der Waals surface area contributed by atoms with Crippen LogP contribution in [0.15, 0.2) is 53.9 Å². The van der Waals surface area contributed by atoms with E-state index in [-0.39, 0.29) is 12.5 Å². The summed E-state index contributed by atoms with van der Waals surface area (Å²) in [5, 5.41) is 5.03. The number of nitrogens with one attached hydrogen (secondary N) is 1. The Balaban J connectivity index is 1.71. The molecular formula is C20H17F3N2O2S. The number of nitrogens with zero attached hydrogens (tertiary/aromatic N) is 1. The van der Waals surface area contributed by atoms with Crippen LogP contribution in [0, 0.1) is 0 Å². The second-order valence-electron chi connectivity index (χ2n) is 5.91. The number of benzene rings is 2. The number of alkyl halides is 3. The molecule has 0 radical (unpaired) electrons. The van der Waals surface area contributed by atoms with Crippen molar-refractivity contribution in [2.24, 2.45) is 0 Å². The Hall–Kier alpha value is -2.87. The van der Waals surface area contributed by atoms with Crippen molar-refractivity contribution >= 4 is 17.2 Å². The zero-order chi connectivity index (χ0) is 20.1. The average Bonchev–Trinajstić information content (AvgIpc) is 3.17. The molecule has 0 fully saturated rings. The lowest BCUT2D eigenvalue weighted by atomic mass is 10.1. The zero-order valence-corrected chi connectivity index (χ0v) is 15.7. The maximum absolute atomic E-state index is 12.8. The third-order valence-corrected chi connectivity index (χ3v) is 4.71. The van der Waals surface area contributed by atoms with Crippen LogP contribution in [0.2, 0.25) is 0 Å². The lowest BCUT2D eigenvalue weighted by Gasteiger charge is -2.10. The van der Waals surface area contributed by atoms with Gasteiger partial charge in [-0.1, -0.05) is 24.3 Å². The second kappa shape index (κ2) is 8.43. The van der Waals surface area contributed by atoms with Crippen LogP contribution in [-0.2, 0) is 12.8 Å². The van der Waals surface area contributed by atoms with E-state index in [4.69, 9.17) is 4.74 Å². The topological polar surface area (TPSA) is 51.2 Å². The van der Waals surface area contributed by atoms with E-state index in [1.807, 2.05) is 13.0 Å². The first kappa shape index (κ1) is 19.9. The summed E-state index contributed by atoms with van der Waals surface area (Å²) in [5.41, 5.74) is 0.829. The van der Waals surface area contributed by atoms with Gasteiger partial charge in [0.25, 0.3) is 5.91 Å². The lowest BCUT2D eigenvalue weighted by Crippen LogP contribution is -2.22. The molecule has 0 aliphatic heterocycles. The van der Waals surface area contributed by atoms with E-state index >= 15 is 0 Å². The summed E-state index contributed by atoms with van der Waals surface area (Å²) < 4.78 is 44.1. The third kappa shape index (κ3) is 4.89. The summed E-state index contributed by atoms with van der Waals surface area (Å²) in [5.74, 6) is 0.270. The molecular weight excluding hydrogens is 389 g/mol. The van der Waals surface area contributed by atoms with Gasteiger partial charge in [0.1, 0.15) is 23.1 Å². The van der Waals surface area contributed by atoms with Gasteiger partial charge in [0.15, 0.2) is 0 Å². The van der Waals surface area contributed by atoms with Crippen molar-refractivity contribution in [1.29, 1.82) is 0 Å². The second-order valence-corrected chi connectivity index (χ2v) is 6.77. The Labute approximate surface area is 164 Å². The van der Waals surface area contributed by atoms with Crippen molar-refractivity contribution in [3.63, 3.8) is 0 Å². The Morgan fingerprint density at radius 1 is 1.18 bits per heavy atom. The van der Waals surface area contributed by atoms with Gasteiger partial charge in [-0.05, 0) is 36.8 Å². The largest absolute Gasteiger partial charge is 0.489 e. The quantitative estimate of drug-likeness (QED) is 0.615. The van der Waals surface area contributed by atoms with Crippen molar-refractivity contribution in [2.45, 2.75) is 19.7 Å². The predicted octanol–water partition coefficient (Wildman–Crippen LogP) is 5.16. The molecule has 1 heterocycles. The number of aromatic nitrogens is 1. The number of carbonyl (C=O) groups excluding carboxylic acids is 1. The Morgan fingerprint density at radius 3 is 2.71 bits per heavy atom. The van der Waals surface area contributed by atoms with Crippen molar-refractivity contribution in [3.8, 4) is 16.3 Å². The molecule has 1 amide bonds. The fourth-order valence-electron chi connectivity index (χ4n) is 2.48. The third-order valence-electron chi connectivity index (χ3n) is 3.81. The number of hydrogen-bond donors (Lipinski definition) is 1. The summed E-state index contributed by atoms with van der Waals surface area (Å²) in [6.07, 6.45) is -4.39. The molecule has 0 atom stereocenters. The number of rotatable bonds is 6. The van der Waals surface area contributed by atoms with Crippen molar-refractivity contribution in [3.05, 3.63) is 70.7 Å². The zero-order valence-electron chi connectivity index (χ0n) is 14.9. The summed E-state index contributed by atoms with van der Waals surface area (Å²) in [6, 6.07) is 12.1. The molecule has 1 N–H and O–H groups in total. The number of carbonyl (C=O) groups is 1. The standard InChI is InChI=1S/C20H17F3N2O2S/c1-2-24-18(26)17-12-28-19(25-17)14-6-4-8-16(10-14)27-11-13-5-3-7-15(9-13)20(21,22)23/h3-10,12H,2,11H2,1H3,(H,24,26). The van der Waals surface area contributed by atoms with E-state index in [0.717, 1.165) is 17.7 Å². The number of amides is 1. The highest BCUT2D eigenvalue weighted by molar-refractivity contribution is 7.13. The van der Waals surface area contributed by atoms with Gasteiger partial charge in [0.05, 0.1) is 5.56 Å². The summed E-state index contributed by atoms with van der Waals surface area (Å²) in [6.45, 7) is 2.36. The van der Waals surface area contributed by atoms with Crippen LogP contribution in [0.25, 0.3) is 10.6 Å². The van der Waals surface area contributed by atoms with Crippen LogP contribution >= 0.6 is 11.3 Å². The highest BCUT2D eigenvalue weighted by Gasteiger charge is 2.30. The highest BCUT2D eigenvalue weighted by atomic mass is 32.1. The van der Waals surface area contributed by atoms with Crippen LogP contribution in [0.5, 0.6) is 5.75 Å². The van der Waals surface area contributed by atoms with Crippen molar-refractivity contribution in [2.75, 3.05) is 6.54 Å². The lowest BCUT2D eigenvalue weighted by molar-refractivity contribution is -0.137. The molecule has 28 heavy (non-hydrogen) atoms. The smallest absolute Gasteiger partial charge is 0.416 e.